The van der Waals surface area contributed by atoms with Gasteiger partial charge in [-0.1, -0.05) is 0 Å². The summed E-state index contributed by atoms with van der Waals surface area (Å²) in [7, 11) is 0. The molecule has 6 heteroatoms. The summed E-state index contributed by atoms with van der Waals surface area (Å²) in [5.41, 5.74) is 0.669. The molecule has 0 atom stereocenters. The van der Waals surface area contributed by atoms with Crippen LogP contribution < -0.4 is 5.32 Å². The third-order valence-corrected chi connectivity index (χ3v) is 5.22. The van der Waals surface area contributed by atoms with Gasteiger partial charge >= 0.3 is 5.97 Å². The van der Waals surface area contributed by atoms with E-state index in [-0.39, 0.29) is 17.9 Å². The molecule has 104 valence electrons. The van der Waals surface area contributed by atoms with Crippen LogP contribution in [0.25, 0.3) is 0 Å². The molecule has 0 radical (unpaired) electrons. The van der Waals surface area contributed by atoms with Gasteiger partial charge in [0.1, 0.15) is 0 Å². The zero-order chi connectivity index (χ0) is 14.0. The fourth-order valence-corrected chi connectivity index (χ4v) is 4.17. The molecule has 0 aromatic carbocycles. The molecule has 1 aromatic heterocycles. The Bertz CT molecular complexity index is 492. The van der Waals surface area contributed by atoms with Crippen molar-refractivity contribution in [1.82, 2.24) is 5.32 Å². The van der Waals surface area contributed by atoms with Crippen LogP contribution in [0.1, 0.15) is 40.9 Å². The Morgan fingerprint density at radius 1 is 1.37 bits per heavy atom. The third-order valence-electron chi connectivity index (χ3n) is 3.47. The Balaban J connectivity index is 1.91. The van der Waals surface area contributed by atoms with Crippen molar-refractivity contribution in [2.24, 2.45) is 5.92 Å². The van der Waals surface area contributed by atoms with Crippen LogP contribution in [0.4, 0.5) is 0 Å². The Kier molecular flexibility index (Phi) is 4.62. The van der Waals surface area contributed by atoms with Crippen molar-refractivity contribution in [1.29, 1.82) is 0 Å². The van der Waals surface area contributed by atoms with Crippen LogP contribution in [0.5, 0.6) is 0 Å². The van der Waals surface area contributed by atoms with Crippen molar-refractivity contribution in [3.63, 3.8) is 0 Å². The first-order valence-electron chi connectivity index (χ1n) is 6.27. The topological polar surface area (TPSA) is 66.4 Å². The second-order valence-electron chi connectivity index (χ2n) is 4.90. The second-order valence-corrected chi connectivity index (χ2v) is 7.48. The van der Waals surface area contributed by atoms with E-state index >= 15 is 0 Å². The van der Waals surface area contributed by atoms with Gasteiger partial charge in [-0.15, -0.1) is 11.3 Å². The number of rotatable bonds is 3. The standard InChI is InChI=1S/C13H16BrNO3S/c1-7-6-10(11(14)19-7)12(16)15-9-4-2-8(3-5-9)13(17)18/h6,8-9H,2-5H2,1H3,(H,15,16)(H,17,18). The maximum absolute atomic E-state index is 12.1. The smallest absolute Gasteiger partial charge is 0.306 e. The number of aryl methyl sites for hydroxylation is 1. The molecule has 1 aliphatic rings. The SMILES string of the molecule is Cc1cc(C(=O)NC2CCC(C(=O)O)CC2)c(Br)s1. The lowest BCUT2D eigenvalue weighted by atomic mass is 9.86. The van der Waals surface area contributed by atoms with Gasteiger partial charge in [0.05, 0.1) is 15.3 Å². The molecule has 1 saturated carbocycles. The van der Waals surface area contributed by atoms with Crippen molar-refractivity contribution in [2.45, 2.75) is 38.6 Å². The van der Waals surface area contributed by atoms with Crippen molar-refractivity contribution in [2.75, 3.05) is 0 Å². The number of nitrogens with one attached hydrogen (secondary N) is 1. The van der Waals surface area contributed by atoms with Crippen LogP contribution in [0.3, 0.4) is 0 Å². The highest BCUT2D eigenvalue weighted by molar-refractivity contribution is 9.11. The van der Waals surface area contributed by atoms with Crippen molar-refractivity contribution < 1.29 is 14.7 Å². The highest BCUT2D eigenvalue weighted by Crippen LogP contribution is 2.29. The van der Waals surface area contributed by atoms with E-state index in [0.717, 1.165) is 21.5 Å². The lowest BCUT2D eigenvalue weighted by Crippen LogP contribution is -2.38. The predicted octanol–water partition coefficient (Wildman–Crippen LogP) is 3.19. The molecule has 1 aromatic rings. The molecule has 1 amide bonds. The largest absolute Gasteiger partial charge is 0.481 e. The third kappa shape index (κ3) is 3.57. The van der Waals surface area contributed by atoms with Gasteiger partial charge < -0.3 is 10.4 Å². The summed E-state index contributed by atoms with van der Waals surface area (Å²) >= 11 is 4.93. The average molecular weight is 346 g/mol. The highest BCUT2D eigenvalue weighted by Gasteiger charge is 2.27. The number of halogens is 1. The van der Waals surface area contributed by atoms with Crippen LogP contribution >= 0.6 is 27.3 Å². The van der Waals surface area contributed by atoms with Crippen LogP contribution in [-0.2, 0) is 4.79 Å². The fourth-order valence-electron chi connectivity index (χ4n) is 2.39. The summed E-state index contributed by atoms with van der Waals surface area (Å²) in [6, 6.07) is 1.96. The van der Waals surface area contributed by atoms with E-state index in [0.29, 0.717) is 18.4 Å². The molecule has 0 saturated heterocycles. The van der Waals surface area contributed by atoms with E-state index in [4.69, 9.17) is 5.11 Å². The fraction of sp³-hybridized carbons (Fsp3) is 0.538. The Hall–Kier alpha value is -0.880. The zero-order valence-electron chi connectivity index (χ0n) is 10.6. The van der Waals surface area contributed by atoms with Gasteiger partial charge in [-0.3, -0.25) is 9.59 Å². The number of hydrogen-bond acceptors (Lipinski definition) is 3. The quantitative estimate of drug-likeness (QED) is 0.883. The lowest BCUT2D eigenvalue weighted by molar-refractivity contribution is -0.142. The first-order chi connectivity index (χ1) is 8.97. The highest BCUT2D eigenvalue weighted by atomic mass is 79.9. The normalized spacial score (nSPS) is 23.1. The zero-order valence-corrected chi connectivity index (χ0v) is 13.0. The number of carbonyl (C=O) groups excluding carboxylic acids is 1. The summed E-state index contributed by atoms with van der Waals surface area (Å²) in [6.07, 6.45) is 2.76. The molecule has 1 heterocycles. The molecule has 19 heavy (non-hydrogen) atoms. The summed E-state index contributed by atoms with van der Waals surface area (Å²) in [5.74, 6) is -1.04. The van der Waals surface area contributed by atoms with Gasteiger partial charge in [-0.05, 0) is 54.6 Å². The summed E-state index contributed by atoms with van der Waals surface area (Å²) in [5, 5.41) is 11.9. The molecular weight excluding hydrogens is 330 g/mol. The van der Waals surface area contributed by atoms with E-state index in [9.17, 15) is 9.59 Å². The molecule has 2 N–H and O–H groups in total. The second kappa shape index (κ2) is 6.05. The van der Waals surface area contributed by atoms with Crippen molar-refractivity contribution in [3.05, 3.63) is 20.3 Å². The lowest BCUT2D eigenvalue weighted by Gasteiger charge is -2.26. The first-order valence-corrected chi connectivity index (χ1v) is 7.88. The van der Waals surface area contributed by atoms with Crippen molar-refractivity contribution in [3.8, 4) is 0 Å². The van der Waals surface area contributed by atoms with Gasteiger partial charge in [0.15, 0.2) is 0 Å². The van der Waals surface area contributed by atoms with Gasteiger partial charge in [0.2, 0.25) is 0 Å². The van der Waals surface area contributed by atoms with E-state index < -0.39 is 5.97 Å². The minimum absolute atomic E-state index is 0.0741. The molecule has 1 aliphatic carbocycles. The van der Waals surface area contributed by atoms with E-state index in [1.54, 1.807) is 11.3 Å². The average Bonchev–Trinajstić information content (AvgIpc) is 2.69. The minimum Gasteiger partial charge on any atom is -0.481 e. The Morgan fingerprint density at radius 2 is 2.00 bits per heavy atom. The maximum Gasteiger partial charge on any atom is 0.306 e. The van der Waals surface area contributed by atoms with Crippen LogP contribution in [0.2, 0.25) is 0 Å². The summed E-state index contributed by atoms with van der Waals surface area (Å²) in [4.78, 5) is 24.1. The minimum atomic E-state index is -0.721. The van der Waals surface area contributed by atoms with E-state index in [1.807, 2.05) is 13.0 Å². The van der Waals surface area contributed by atoms with Gasteiger partial charge in [-0.25, -0.2) is 0 Å². The molecule has 0 bridgehead atoms. The first kappa shape index (κ1) is 14.5. The number of aliphatic carboxylic acids is 1. The van der Waals surface area contributed by atoms with Gasteiger partial charge in [0.25, 0.3) is 5.91 Å². The van der Waals surface area contributed by atoms with Crippen LogP contribution in [0, 0.1) is 12.8 Å². The Morgan fingerprint density at radius 3 is 2.47 bits per heavy atom. The van der Waals surface area contributed by atoms with Gasteiger partial charge in [0, 0.05) is 10.9 Å². The van der Waals surface area contributed by atoms with Gasteiger partial charge in [-0.2, -0.15) is 0 Å². The van der Waals surface area contributed by atoms with Crippen LogP contribution in [0.15, 0.2) is 9.85 Å². The number of thiophene rings is 1. The predicted molar refractivity (Wildman–Crippen MR) is 77.6 cm³/mol. The monoisotopic (exact) mass is 345 g/mol. The van der Waals surface area contributed by atoms with Crippen LogP contribution in [-0.4, -0.2) is 23.0 Å². The molecule has 0 unspecified atom stereocenters. The number of carbonyl (C=O) groups is 2. The molecule has 1 fully saturated rings. The van der Waals surface area contributed by atoms with E-state index in [1.165, 1.54) is 0 Å². The molecule has 2 rings (SSSR count). The molecule has 0 aliphatic heterocycles. The Labute approximate surface area is 124 Å². The number of hydrogen-bond donors (Lipinski definition) is 2. The number of carboxylic acid groups (broad SMARTS) is 1. The van der Waals surface area contributed by atoms with Crippen molar-refractivity contribution >= 4 is 39.1 Å². The number of amides is 1. The molecular formula is C13H16BrNO3S. The number of carboxylic acids is 1. The maximum atomic E-state index is 12.1. The summed E-state index contributed by atoms with van der Waals surface area (Å²) in [6.45, 7) is 1.96. The van der Waals surface area contributed by atoms with E-state index in [2.05, 4.69) is 21.2 Å². The molecule has 0 spiro atoms. The molecule has 4 nitrogen and oxygen atoms in total. The summed E-state index contributed by atoms with van der Waals surface area (Å²) < 4.78 is 0.849.